The summed E-state index contributed by atoms with van der Waals surface area (Å²) in [6.07, 6.45) is 0. The average Bonchev–Trinajstić information content (AvgIpc) is 2.42. The standard InChI is InChI=1S/C16H25N3OS/c1-10-8-19(9-11(2)21-10)13(4)16(20)18-15-7-5-6-14(17)12(15)3/h5-7,10-11,13H,8-9,17H2,1-4H3,(H,18,20). The van der Waals surface area contributed by atoms with Gasteiger partial charge in [-0.3, -0.25) is 9.69 Å². The van der Waals surface area contributed by atoms with Gasteiger partial charge >= 0.3 is 0 Å². The van der Waals surface area contributed by atoms with Gasteiger partial charge in [-0.15, -0.1) is 0 Å². The number of benzene rings is 1. The van der Waals surface area contributed by atoms with Crippen molar-refractivity contribution in [1.29, 1.82) is 0 Å². The number of carbonyl (C=O) groups excluding carboxylic acids is 1. The Morgan fingerprint density at radius 1 is 1.38 bits per heavy atom. The van der Waals surface area contributed by atoms with E-state index in [2.05, 4.69) is 24.1 Å². The molecule has 0 aliphatic carbocycles. The molecule has 1 amide bonds. The third-order valence-corrected chi connectivity index (χ3v) is 5.24. The van der Waals surface area contributed by atoms with Crippen molar-refractivity contribution < 1.29 is 4.79 Å². The molecule has 116 valence electrons. The van der Waals surface area contributed by atoms with Crippen LogP contribution in [0.3, 0.4) is 0 Å². The molecule has 1 aliphatic rings. The van der Waals surface area contributed by atoms with Crippen molar-refractivity contribution in [3.05, 3.63) is 23.8 Å². The van der Waals surface area contributed by atoms with Crippen molar-refractivity contribution in [1.82, 2.24) is 4.90 Å². The molecule has 1 aromatic rings. The van der Waals surface area contributed by atoms with Crippen LogP contribution in [0.4, 0.5) is 11.4 Å². The maximum atomic E-state index is 12.5. The molecule has 1 fully saturated rings. The first kappa shape index (κ1) is 16.2. The van der Waals surface area contributed by atoms with Crippen LogP contribution in [0.1, 0.15) is 26.3 Å². The van der Waals surface area contributed by atoms with Crippen LogP contribution in [0, 0.1) is 6.92 Å². The molecule has 3 N–H and O–H groups in total. The van der Waals surface area contributed by atoms with Crippen LogP contribution < -0.4 is 11.1 Å². The maximum absolute atomic E-state index is 12.5. The van der Waals surface area contributed by atoms with Crippen molar-refractivity contribution in [2.24, 2.45) is 0 Å². The lowest BCUT2D eigenvalue weighted by atomic mass is 10.1. The van der Waals surface area contributed by atoms with Crippen LogP contribution in [0.15, 0.2) is 18.2 Å². The number of nitrogen functional groups attached to an aromatic ring is 1. The van der Waals surface area contributed by atoms with Gasteiger partial charge in [0.2, 0.25) is 5.91 Å². The Hall–Kier alpha value is -1.20. The Morgan fingerprint density at radius 3 is 2.62 bits per heavy atom. The Balaban J connectivity index is 2.04. The van der Waals surface area contributed by atoms with E-state index < -0.39 is 0 Å². The highest BCUT2D eigenvalue weighted by atomic mass is 32.2. The minimum absolute atomic E-state index is 0.0370. The maximum Gasteiger partial charge on any atom is 0.241 e. The number of nitrogens with zero attached hydrogens (tertiary/aromatic N) is 1. The van der Waals surface area contributed by atoms with E-state index in [1.165, 1.54) is 0 Å². The highest BCUT2D eigenvalue weighted by molar-refractivity contribution is 8.00. The number of rotatable bonds is 3. The highest BCUT2D eigenvalue weighted by Crippen LogP contribution is 2.26. The van der Waals surface area contributed by atoms with Crippen molar-refractivity contribution in [3.63, 3.8) is 0 Å². The van der Waals surface area contributed by atoms with E-state index >= 15 is 0 Å². The summed E-state index contributed by atoms with van der Waals surface area (Å²) in [6, 6.07) is 5.48. The average molecular weight is 307 g/mol. The zero-order chi connectivity index (χ0) is 15.6. The molecule has 1 aliphatic heterocycles. The van der Waals surface area contributed by atoms with Crippen molar-refractivity contribution in [2.75, 3.05) is 24.1 Å². The summed E-state index contributed by atoms with van der Waals surface area (Å²) in [5, 5.41) is 4.15. The van der Waals surface area contributed by atoms with Gasteiger partial charge in [-0.25, -0.2) is 0 Å². The van der Waals surface area contributed by atoms with Gasteiger partial charge in [0.25, 0.3) is 0 Å². The Labute approximate surface area is 131 Å². The highest BCUT2D eigenvalue weighted by Gasteiger charge is 2.29. The summed E-state index contributed by atoms with van der Waals surface area (Å²) in [6.45, 7) is 10.3. The van der Waals surface area contributed by atoms with Gasteiger partial charge < -0.3 is 11.1 Å². The van der Waals surface area contributed by atoms with Gasteiger partial charge in [-0.05, 0) is 31.5 Å². The Kier molecular flexibility index (Phi) is 5.17. The molecule has 2 rings (SSSR count). The molecule has 1 saturated heterocycles. The van der Waals surface area contributed by atoms with Crippen molar-refractivity contribution in [3.8, 4) is 0 Å². The lowest BCUT2D eigenvalue weighted by Gasteiger charge is -2.37. The first-order valence-electron chi connectivity index (χ1n) is 7.44. The largest absolute Gasteiger partial charge is 0.398 e. The van der Waals surface area contributed by atoms with Crippen LogP contribution in [0.2, 0.25) is 0 Å². The number of anilines is 2. The molecule has 5 heteroatoms. The van der Waals surface area contributed by atoms with E-state index in [-0.39, 0.29) is 11.9 Å². The minimum Gasteiger partial charge on any atom is -0.398 e. The monoisotopic (exact) mass is 307 g/mol. The number of nitrogens with two attached hydrogens (primary N) is 1. The molecule has 0 saturated carbocycles. The lowest BCUT2D eigenvalue weighted by molar-refractivity contribution is -0.120. The van der Waals surface area contributed by atoms with E-state index in [4.69, 9.17) is 5.73 Å². The second kappa shape index (κ2) is 6.71. The van der Waals surface area contributed by atoms with E-state index in [1.807, 2.05) is 43.8 Å². The van der Waals surface area contributed by atoms with E-state index in [0.29, 0.717) is 16.2 Å². The molecule has 0 bridgehead atoms. The molecule has 3 atom stereocenters. The fourth-order valence-corrected chi connectivity index (χ4v) is 4.07. The van der Waals surface area contributed by atoms with Gasteiger partial charge in [-0.1, -0.05) is 19.9 Å². The van der Waals surface area contributed by atoms with Crippen molar-refractivity contribution in [2.45, 2.75) is 44.2 Å². The lowest BCUT2D eigenvalue weighted by Crippen LogP contribution is -2.49. The summed E-state index contributed by atoms with van der Waals surface area (Å²) < 4.78 is 0. The molecule has 0 spiro atoms. The van der Waals surface area contributed by atoms with Crippen LogP contribution in [-0.2, 0) is 4.79 Å². The topological polar surface area (TPSA) is 58.4 Å². The molecular weight excluding hydrogens is 282 g/mol. The van der Waals surface area contributed by atoms with E-state index in [0.717, 1.165) is 24.3 Å². The van der Waals surface area contributed by atoms with Gasteiger partial charge in [0.1, 0.15) is 0 Å². The molecule has 4 nitrogen and oxygen atoms in total. The zero-order valence-corrected chi connectivity index (χ0v) is 14.0. The molecular formula is C16H25N3OS. The quantitative estimate of drug-likeness (QED) is 0.843. The number of nitrogens with one attached hydrogen (secondary N) is 1. The number of hydrogen-bond donors (Lipinski definition) is 2. The third-order valence-electron chi connectivity index (χ3n) is 4.01. The van der Waals surface area contributed by atoms with Gasteiger partial charge in [0, 0.05) is 35.0 Å². The summed E-state index contributed by atoms with van der Waals surface area (Å²) in [5.74, 6) is 0.0370. The number of carbonyl (C=O) groups is 1. The Morgan fingerprint density at radius 2 is 2.00 bits per heavy atom. The molecule has 0 radical (unpaired) electrons. The predicted octanol–water partition coefficient (Wildman–Crippen LogP) is 2.73. The van der Waals surface area contributed by atoms with E-state index in [1.54, 1.807) is 0 Å². The predicted molar refractivity (Wildman–Crippen MR) is 91.8 cm³/mol. The third kappa shape index (κ3) is 3.92. The number of amides is 1. The minimum atomic E-state index is -0.128. The first-order valence-corrected chi connectivity index (χ1v) is 8.38. The van der Waals surface area contributed by atoms with Gasteiger partial charge in [0.15, 0.2) is 0 Å². The fourth-order valence-electron chi connectivity index (χ4n) is 2.73. The summed E-state index contributed by atoms with van der Waals surface area (Å²) in [4.78, 5) is 14.8. The fraction of sp³-hybridized carbons (Fsp3) is 0.562. The van der Waals surface area contributed by atoms with Crippen LogP contribution in [0.5, 0.6) is 0 Å². The van der Waals surface area contributed by atoms with Crippen LogP contribution in [0.25, 0.3) is 0 Å². The number of thioether (sulfide) groups is 1. The smallest absolute Gasteiger partial charge is 0.241 e. The van der Waals surface area contributed by atoms with E-state index in [9.17, 15) is 4.79 Å². The zero-order valence-electron chi connectivity index (χ0n) is 13.2. The molecule has 21 heavy (non-hydrogen) atoms. The summed E-state index contributed by atoms with van der Waals surface area (Å²) >= 11 is 1.99. The van der Waals surface area contributed by atoms with Gasteiger partial charge in [0.05, 0.1) is 6.04 Å². The second-order valence-electron chi connectivity index (χ2n) is 5.90. The van der Waals surface area contributed by atoms with Crippen LogP contribution >= 0.6 is 11.8 Å². The summed E-state index contributed by atoms with van der Waals surface area (Å²) in [7, 11) is 0. The molecule has 0 aromatic heterocycles. The molecule has 3 unspecified atom stereocenters. The van der Waals surface area contributed by atoms with Crippen LogP contribution in [-0.4, -0.2) is 40.4 Å². The first-order chi connectivity index (χ1) is 9.88. The van der Waals surface area contributed by atoms with Crippen molar-refractivity contribution >= 4 is 29.0 Å². The normalized spacial score (nSPS) is 24.6. The number of hydrogen-bond acceptors (Lipinski definition) is 4. The second-order valence-corrected chi connectivity index (χ2v) is 7.78. The molecule has 1 heterocycles. The Bertz CT molecular complexity index is 510. The summed E-state index contributed by atoms with van der Waals surface area (Å²) in [5.41, 5.74) is 8.32. The molecule has 1 aromatic carbocycles. The van der Waals surface area contributed by atoms with Gasteiger partial charge in [-0.2, -0.15) is 11.8 Å². The SMILES string of the molecule is Cc1c(N)cccc1NC(=O)C(C)N1CC(C)SC(C)C1.